The highest BCUT2D eigenvalue weighted by Gasteiger charge is 2.56. The number of fused-ring (bicyclic) bond motifs is 5. The first-order valence-electron chi connectivity index (χ1n) is 11.2. The Kier molecular flexibility index (Phi) is 6.65. The van der Waals surface area contributed by atoms with Gasteiger partial charge in [0.15, 0.2) is 0 Å². The molecule has 2 heteroatoms. The largest absolute Gasteiger partial charge is 0.303 e. The molecule has 0 amide bonds. The van der Waals surface area contributed by atoms with E-state index in [1.807, 2.05) is 0 Å². The van der Waals surface area contributed by atoms with Gasteiger partial charge in [0.25, 0.3) is 0 Å². The van der Waals surface area contributed by atoms with Gasteiger partial charge in [-0.05, 0) is 100 Å². The summed E-state index contributed by atoms with van der Waals surface area (Å²) in [5, 5.41) is 0. The smallest absolute Gasteiger partial charge is 0.00124 e. The maximum atomic E-state index is 2.74. The second kappa shape index (κ2) is 8.54. The molecule has 0 aromatic heterocycles. The number of nitrogens with zero attached hydrogens (tertiary/aromatic N) is 2. The molecule has 0 N–H and O–H groups in total. The summed E-state index contributed by atoms with van der Waals surface area (Å²) < 4.78 is 0. The Balaban J connectivity index is 1.61. The van der Waals surface area contributed by atoms with Crippen molar-refractivity contribution in [1.82, 2.24) is 9.80 Å². The molecule has 0 aliphatic heterocycles. The maximum absolute atomic E-state index is 2.74. The SMILES string of the molecule is CCCN(CC)CC1CC2CC1C1C(CN(CC)CCC)CCC21. The van der Waals surface area contributed by atoms with E-state index in [9.17, 15) is 0 Å². The molecular weight excluding hydrogens is 292 g/mol. The number of hydrogen-bond donors (Lipinski definition) is 0. The summed E-state index contributed by atoms with van der Waals surface area (Å²) in [6.45, 7) is 17.3. The van der Waals surface area contributed by atoms with E-state index in [-0.39, 0.29) is 0 Å². The number of rotatable bonds is 10. The molecular formula is C22H42N2. The van der Waals surface area contributed by atoms with E-state index in [2.05, 4.69) is 37.5 Å². The molecule has 0 spiro atoms. The summed E-state index contributed by atoms with van der Waals surface area (Å²) in [5.41, 5.74) is 0. The van der Waals surface area contributed by atoms with Crippen LogP contribution in [-0.2, 0) is 0 Å². The second-order valence-corrected chi connectivity index (χ2v) is 9.02. The topological polar surface area (TPSA) is 6.48 Å². The Hall–Kier alpha value is -0.0800. The molecule has 3 saturated carbocycles. The van der Waals surface area contributed by atoms with Gasteiger partial charge in [0, 0.05) is 13.1 Å². The number of hydrogen-bond acceptors (Lipinski definition) is 2. The summed E-state index contributed by atoms with van der Waals surface area (Å²) in [5.74, 6) is 6.39. The molecule has 3 fully saturated rings. The molecule has 2 bridgehead atoms. The molecule has 3 aliphatic rings. The molecule has 6 atom stereocenters. The fourth-order valence-electron chi connectivity index (χ4n) is 6.86. The van der Waals surface area contributed by atoms with Crippen molar-refractivity contribution in [3.05, 3.63) is 0 Å². The molecule has 0 heterocycles. The first kappa shape index (κ1) is 18.7. The van der Waals surface area contributed by atoms with E-state index in [1.165, 1.54) is 58.5 Å². The van der Waals surface area contributed by atoms with Gasteiger partial charge in [-0.25, -0.2) is 0 Å². The zero-order valence-electron chi connectivity index (χ0n) is 16.8. The summed E-state index contributed by atoms with van der Waals surface area (Å²) in [6.07, 6.45) is 8.85. The van der Waals surface area contributed by atoms with Crippen LogP contribution in [-0.4, -0.2) is 49.1 Å². The van der Waals surface area contributed by atoms with Crippen LogP contribution < -0.4 is 0 Å². The second-order valence-electron chi connectivity index (χ2n) is 9.02. The van der Waals surface area contributed by atoms with Gasteiger partial charge in [-0.15, -0.1) is 0 Å². The van der Waals surface area contributed by atoms with Crippen LogP contribution >= 0.6 is 0 Å². The van der Waals surface area contributed by atoms with Crippen LogP contribution in [0.25, 0.3) is 0 Å². The Morgan fingerprint density at radius 3 is 1.92 bits per heavy atom. The fourth-order valence-corrected chi connectivity index (χ4v) is 6.86. The standard InChI is InChI=1S/C22H42N2/c1-5-11-23(7-3)15-17-9-10-20-18-13-19(21(14-18)22(17)20)16-24(8-4)12-6-2/h17-22H,5-16H2,1-4H3. The van der Waals surface area contributed by atoms with Gasteiger partial charge in [0.2, 0.25) is 0 Å². The van der Waals surface area contributed by atoms with Crippen molar-refractivity contribution in [1.29, 1.82) is 0 Å². The molecule has 0 aromatic rings. The first-order valence-corrected chi connectivity index (χ1v) is 11.2. The molecule has 0 saturated heterocycles. The lowest BCUT2D eigenvalue weighted by Crippen LogP contribution is -2.39. The summed E-state index contributed by atoms with van der Waals surface area (Å²) >= 11 is 0. The zero-order valence-corrected chi connectivity index (χ0v) is 16.8. The van der Waals surface area contributed by atoms with Crippen molar-refractivity contribution < 1.29 is 0 Å². The van der Waals surface area contributed by atoms with Crippen LogP contribution in [0.15, 0.2) is 0 Å². The highest BCUT2D eigenvalue weighted by Crippen LogP contribution is 2.62. The van der Waals surface area contributed by atoms with Crippen LogP contribution in [0.5, 0.6) is 0 Å². The third kappa shape index (κ3) is 3.70. The van der Waals surface area contributed by atoms with E-state index >= 15 is 0 Å². The third-order valence-corrected chi connectivity index (χ3v) is 7.75. The van der Waals surface area contributed by atoms with Gasteiger partial charge in [0.05, 0.1) is 0 Å². The van der Waals surface area contributed by atoms with Gasteiger partial charge in [-0.2, -0.15) is 0 Å². The average Bonchev–Trinajstić information content (AvgIpc) is 3.26. The van der Waals surface area contributed by atoms with E-state index in [1.54, 1.807) is 19.3 Å². The van der Waals surface area contributed by atoms with Crippen LogP contribution in [0.4, 0.5) is 0 Å². The van der Waals surface area contributed by atoms with E-state index in [0.717, 1.165) is 35.5 Å². The predicted octanol–water partition coefficient (Wildman–Crippen LogP) is 4.75. The van der Waals surface area contributed by atoms with Crippen molar-refractivity contribution in [2.24, 2.45) is 35.5 Å². The lowest BCUT2D eigenvalue weighted by atomic mass is 9.72. The highest BCUT2D eigenvalue weighted by atomic mass is 15.1. The molecule has 2 nitrogen and oxygen atoms in total. The summed E-state index contributed by atoms with van der Waals surface area (Å²) in [6, 6.07) is 0. The quantitative estimate of drug-likeness (QED) is 0.569. The van der Waals surface area contributed by atoms with E-state index < -0.39 is 0 Å². The molecule has 3 rings (SSSR count). The van der Waals surface area contributed by atoms with Gasteiger partial charge < -0.3 is 9.80 Å². The lowest BCUT2D eigenvalue weighted by molar-refractivity contribution is 0.0990. The zero-order chi connectivity index (χ0) is 17.1. The molecule has 3 aliphatic carbocycles. The molecule has 24 heavy (non-hydrogen) atoms. The summed E-state index contributed by atoms with van der Waals surface area (Å²) in [4.78, 5) is 5.48. The van der Waals surface area contributed by atoms with Crippen LogP contribution in [0.3, 0.4) is 0 Å². The Bertz CT molecular complexity index is 382. The van der Waals surface area contributed by atoms with E-state index in [0.29, 0.717) is 0 Å². The van der Waals surface area contributed by atoms with Crippen molar-refractivity contribution in [3.8, 4) is 0 Å². The minimum atomic E-state index is 1.01. The van der Waals surface area contributed by atoms with Crippen molar-refractivity contribution in [2.75, 3.05) is 39.3 Å². The molecule has 0 aromatic carbocycles. The molecule has 140 valence electrons. The van der Waals surface area contributed by atoms with Crippen LogP contribution in [0, 0.1) is 35.5 Å². The van der Waals surface area contributed by atoms with E-state index in [4.69, 9.17) is 0 Å². The average molecular weight is 335 g/mol. The highest BCUT2D eigenvalue weighted by molar-refractivity contribution is 5.06. The Morgan fingerprint density at radius 2 is 1.33 bits per heavy atom. The molecule has 6 unspecified atom stereocenters. The fraction of sp³-hybridized carbons (Fsp3) is 1.00. The Labute approximate surface area is 151 Å². The van der Waals surface area contributed by atoms with Crippen molar-refractivity contribution in [2.45, 2.75) is 66.2 Å². The summed E-state index contributed by atoms with van der Waals surface area (Å²) in [7, 11) is 0. The van der Waals surface area contributed by atoms with Gasteiger partial charge in [0.1, 0.15) is 0 Å². The van der Waals surface area contributed by atoms with Crippen LogP contribution in [0.2, 0.25) is 0 Å². The lowest BCUT2D eigenvalue weighted by Gasteiger charge is -2.38. The van der Waals surface area contributed by atoms with Crippen LogP contribution in [0.1, 0.15) is 66.2 Å². The van der Waals surface area contributed by atoms with Gasteiger partial charge in [-0.1, -0.05) is 27.7 Å². The minimum Gasteiger partial charge on any atom is -0.303 e. The monoisotopic (exact) mass is 334 g/mol. The maximum Gasteiger partial charge on any atom is 0.00124 e. The van der Waals surface area contributed by atoms with Crippen molar-refractivity contribution in [3.63, 3.8) is 0 Å². The minimum absolute atomic E-state index is 1.01. The van der Waals surface area contributed by atoms with Gasteiger partial charge >= 0.3 is 0 Å². The first-order chi connectivity index (χ1) is 11.7. The van der Waals surface area contributed by atoms with Crippen molar-refractivity contribution >= 4 is 0 Å². The predicted molar refractivity (Wildman–Crippen MR) is 104 cm³/mol. The third-order valence-electron chi connectivity index (χ3n) is 7.75. The Morgan fingerprint density at radius 1 is 0.708 bits per heavy atom. The normalized spacial score (nSPS) is 37.8. The molecule has 0 radical (unpaired) electrons. The van der Waals surface area contributed by atoms with Gasteiger partial charge in [-0.3, -0.25) is 0 Å².